The first kappa shape index (κ1) is 19.1. The lowest BCUT2D eigenvalue weighted by atomic mass is 10.2. The molecule has 1 rings (SSSR count). The molecule has 0 amide bonds. The van der Waals surface area contributed by atoms with Crippen LogP contribution in [0.15, 0.2) is 12.1 Å². The van der Waals surface area contributed by atoms with Gasteiger partial charge in [0.2, 0.25) is 0 Å². The molecule has 0 aliphatic rings. The second kappa shape index (κ2) is 8.66. The average Bonchev–Trinajstić information content (AvgIpc) is 2.41. The molecule has 0 spiro atoms. The van der Waals surface area contributed by atoms with Crippen molar-refractivity contribution in [3.8, 4) is 23.0 Å². The zero-order valence-electron chi connectivity index (χ0n) is 13.8. The van der Waals surface area contributed by atoms with Gasteiger partial charge < -0.3 is 18.9 Å². The summed E-state index contributed by atoms with van der Waals surface area (Å²) in [7, 11) is 0. The Labute approximate surface area is 138 Å². The fraction of sp³-hybridized carbons (Fsp3) is 0.375. The van der Waals surface area contributed by atoms with Crippen LogP contribution in [-0.2, 0) is 19.2 Å². The molecule has 0 atom stereocenters. The van der Waals surface area contributed by atoms with E-state index in [-0.39, 0.29) is 29.4 Å². The molecule has 0 saturated heterocycles. The summed E-state index contributed by atoms with van der Waals surface area (Å²) < 4.78 is 19.9. The summed E-state index contributed by atoms with van der Waals surface area (Å²) in [6, 6.07) is 2.28. The molecule has 1 aromatic carbocycles. The van der Waals surface area contributed by atoms with Gasteiger partial charge in [0.05, 0.1) is 0 Å². The first-order valence-electron chi connectivity index (χ1n) is 7.16. The SMILES string of the molecule is CCCC(=O)Oc1cc(OC(C)=O)c(OC(C)=O)cc1OC(C)=O. The minimum atomic E-state index is -0.673. The van der Waals surface area contributed by atoms with Crippen molar-refractivity contribution in [2.75, 3.05) is 0 Å². The Balaban J connectivity index is 3.35. The van der Waals surface area contributed by atoms with E-state index in [1.807, 2.05) is 0 Å². The lowest BCUT2D eigenvalue weighted by molar-refractivity contribution is -0.136. The van der Waals surface area contributed by atoms with Gasteiger partial charge in [-0.15, -0.1) is 0 Å². The van der Waals surface area contributed by atoms with Gasteiger partial charge in [-0.05, 0) is 6.42 Å². The molecule has 0 fully saturated rings. The molecule has 0 aliphatic heterocycles. The molecule has 0 bridgehead atoms. The minimum Gasteiger partial charge on any atom is -0.423 e. The minimum absolute atomic E-state index is 0.129. The van der Waals surface area contributed by atoms with E-state index in [9.17, 15) is 19.2 Å². The van der Waals surface area contributed by atoms with Crippen molar-refractivity contribution in [2.45, 2.75) is 40.5 Å². The van der Waals surface area contributed by atoms with Crippen LogP contribution >= 0.6 is 0 Å². The van der Waals surface area contributed by atoms with Crippen molar-refractivity contribution in [3.63, 3.8) is 0 Å². The molecule has 0 heterocycles. The van der Waals surface area contributed by atoms with Crippen LogP contribution in [0, 0.1) is 0 Å². The third kappa shape index (κ3) is 6.07. The fourth-order valence-corrected chi connectivity index (χ4v) is 1.68. The zero-order chi connectivity index (χ0) is 18.3. The predicted octanol–water partition coefficient (Wildman–Crippen LogP) is 2.17. The highest BCUT2D eigenvalue weighted by Gasteiger charge is 2.20. The predicted molar refractivity (Wildman–Crippen MR) is 80.9 cm³/mol. The van der Waals surface area contributed by atoms with Crippen LogP contribution in [0.4, 0.5) is 0 Å². The number of hydrogen-bond acceptors (Lipinski definition) is 8. The van der Waals surface area contributed by atoms with Gasteiger partial charge in [-0.25, -0.2) is 0 Å². The van der Waals surface area contributed by atoms with Crippen LogP contribution in [-0.4, -0.2) is 23.9 Å². The number of rotatable bonds is 6. The summed E-state index contributed by atoms with van der Waals surface area (Å²) >= 11 is 0. The first-order valence-corrected chi connectivity index (χ1v) is 7.16. The number of hydrogen-bond donors (Lipinski definition) is 0. The molecular weight excluding hydrogens is 320 g/mol. The molecule has 1 aromatic rings. The quantitative estimate of drug-likeness (QED) is 0.574. The number of esters is 4. The van der Waals surface area contributed by atoms with Crippen molar-refractivity contribution in [1.82, 2.24) is 0 Å². The van der Waals surface area contributed by atoms with Crippen LogP contribution < -0.4 is 18.9 Å². The Hall–Kier alpha value is -2.90. The van der Waals surface area contributed by atoms with E-state index in [1.165, 1.54) is 0 Å². The van der Waals surface area contributed by atoms with Gasteiger partial charge in [0.1, 0.15) is 0 Å². The molecule has 0 aliphatic carbocycles. The van der Waals surface area contributed by atoms with E-state index in [0.29, 0.717) is 6.42 Å². The third-order valence-electron chi connectivity index (χ3n) is 2.45. The van der Waals surface area contributed by atoms with Crippen molar-refractivity contribution in [1.29, 1.82) is 0 Å². The Morgan fingerprint density at radius 2 is 1.04 bits per heavy atom. The highest BCUT2D eigenvalue weighted by molar-refractivity contribution is 5.78. The lowest BCUT2D eigenvalue weighted by Crippen LogP contribution is -2.12. The smallest absolute Gasteiger partial charge is 0.311 e. The van der Waals surface area contributed by atoms with Gasteiger partial charge in [-0.1, -0.05) is 6.92 Å². The summed E-state index contributed by atoms with van der Waals surface area (Å²) in [6.45, 7) is 5.25. The molecule has 0 radical (unpaired) electrons. The summed E-state index contributed by atoms with van der Waals surface area (Å²) in [4.78, 5) is 45.3. The maximum Gasteiger partial charge on any atom is 0.311 e. The van der Waals surface area contributed by atoms with Crippen LogP contribution in [0.1, 0.15) is 40.5 Å². The summed E-state index contributed by atoms with van der Waals surface area (Å²) in [6.07, 6.45) is 0.707. The molecule has 0 saturated carbocycles. The molecule has 0 N–H and O–H groups in total. The average molecular weight is 338 g/mol. The number of carbonyl (C=O) groups excluding carboxylic acids is 4. The molecule has 130 valence electrons. The lowest BCUT2D eigenvalue weighted by Gasteiger charge is -2.14. The monoisotopic (exact) mass is 338 g/mol. The molecule has 8 heteroatoms. The van der Waals surface area contributed by atoms with E-state index in [1.54, 1.807) is 6.92 Å². The second-order valence-corrected chi connectivity index (χ2v) is 4.75. The van der Waals surface area contributed by atoms with E-state index in [2.05, 4.69) is 0 Å². The van der Waals surface area contributed by atoms with E-state index in [0.717, 1.165) is 32.9 Å². The Morgan fingerprint density at radius 3 is 1.33 bits per heavy atom. The molecule has 8 nitrogen and oxygen atoms in total. The van der Waals surface area contributed by atoms with Crippen molar-refractivity contribution >= 4 is 23.9 Å². The molecule has 24 heavy (non-hydrogen) atoms. The third-order valence-corrected chi connectivity index (χ3v) is 2.45. The normalized spacial score (nSPS) is 9.83. The molecular formula is C16H18O8. The standard InChI is InChI=1S/C16H18O8/c1-5-6-16(20)24-15-8-13(22-10(3)18)12(21-9(2)17)7-14(15)23-11(4)19/h7-8H,5-6H2,1-4H3. The Morgan fingerprint density at radius 1 is 0.708 bits per heavy atom. The number of benzene rings is 1. The van der Waals surface area contributed by atoms with Gasteiger partial charge in [0, 0.05) is 39.3 Å². The largest absolute Gasteiger partial charge is 0.423 e. The zero-order valence-corrected chi connectivity index (χ0v) is 13.8. The first-order chi connectivity index (χ1) is 11.2. The van der Waals surface area contributed by atoms with Crippen LogP contribution in [0.5, 0.6) is 23.0 Å². The highest BCUT2D eigenvalue weighted by Crippen LogP contribution is 2.40. The summed E-state index contributed by atoms with van der Waals surface area (Å²) in [5.74, 6) is -3.13. The van der Waals surface area contributed by atoms with Crippen molar-refractivity contribution < 1.29 is 38.1 Å². The van der Waals surface area contributed by atoms with Crippen molar-refractivity contribution in [2.24, 2.45) is 0 Å². The summed E-state index contributed by atoms with van der Waals surface area (Å²) in [5, 5.41) is 0. The van der Waals surface area contributed by atoms with Gasteiger partial charge >= 0.3 is 23.9 Å². The number of ether oxygens (including phenoxy) is 4. The van der Waals surface area contributed by atoms with Gasteiger partial charge in [-0.3, -0.25) is 19.2 Å². The second-order valence-electron chi connectivity index (χ2n) is 4.75. The Bertz CT molecular complexity index is 662. The van der Waals surface area contributed by atoms with Crippen LogP contribution in [0.25, 0.3) is 0 Å². The van der Waals surface area contributed by atoms with E-state index in [4.69, 9.17) is 18.9 Å². The van der Waals surface area contributed by atoms with Crippen LogP contribution in [0.3, 0.4) is 0 Å². The Kier molecular flexibility index (Phi) is 6.91. The molecule has 0 unspecified atom stereocenters. The topological polar surface area (TPSA) is 105 Å². The highest BCUT2D eigenvalue weighted by atomic mass is 16.6. The van der Waals surface area contributed by atoms with Gasteiger partial charge in [-0.2, -0.15) is 0 Å². The van der Waals surface area contributed by atoms with Crippen molar-refractivity contribution in [3.05, 3.63) is 12.1 Å². The van der Waals surface area contributed by atoms with E-state index < -0.39 is 23.9 Å². The maximum atomic E-state index is 11.7. The van der Waals surface area contributed by atoms with Gasteiger partial charge in [0.15, 0.2) is 23.0 Å². The summed E-state index contributed by atoms with van der Waals surface area (Å²) in [5.41, 5.74) is 0. The fourth-order valence-electron chi connectivity index (χ4n) is 1.68. The van der Waals surface area contributed by atoms with E-state index >= 15 is 0 Å². The maximum absolute atomic E-state index is 11.7. The van der Waals surface area contributed by atoms with Gasteiger partial charge in [0.25, 0.3) is 0 Å². The number of carbonyl (C=O) groups is 4. The van der Waals surface area contributed by atoms with Crippen LogP contribution in [0.2, 0.25) is 0 Å². The molecule has 0 aromatic heterocycles.